The van der Waals surface area contributed by atoms with E-state index in [2.05, 4.69) is 12.2 Å². The molecule has 1 aliphatic rings. The van der Waals surface area contributed by atoms with Gasteiger partial charge in [0.05, 0.1) is 10.7 Å². The second kappa shape index (κ2) is 7.12. The summed E-state index contributed by atoms with van der Waals surface area (Å²) in [5, 5.41) is 3.44. The molecule has 0 radical (unpaired) electrons. The molecule has 2 aromatic carbocycles. The summed E-state index contributed by atoms with van der Waals surface area (Å²) in [6.07, 6.45) is 1.11. The highest BCUT2D eigenvalue weighted by Crippen LogP contribution is 2.49. The van der Waals surface area contributed by atoms with Gasteiger partial charge in [0.2, 0.25) is 5.91 Å². The minimum absolute atomic E-state index is 0.132. The first-order valence-electron chi connectivity index (χ1n) is 9.35. The molecular formula is C23H26ClNO2. The third kappa shape index (κ3) is 4.08. The first-order chi connectivity index (χ1) is 12.6. The standard InChI is InChI=1S/C23H26ClNO2/c1-13-9-10-19(25-22(27)23(3,4)5)18(11-13)21(26)16-8-6-7-15(20(16)24)17-12-14(17)2/h6-11,14,17H,12H2,1-5H3,(H,25,27). The summed E-state index contributed by atoms with van der Waals surface area (Å²) in [5.74, 6) is 0.742. The van der Waals surface area contributed by atoms with Crippen molar-refractivity contribution in [1.29, 1.82) is 0 Å². The molecular weight excluding hydrogens is 358 g/mol. The smallest absolute Gasteiger partial charge is 0.229 e. The summed E-state index contributed by atoms with van der Waals surface area (Å²) in [4.78, 5) is 25.7. The fourth-order valence-corrected chi connectivity index (χ4v) is 3.53. The Morgan fingerprint density at radius 3 is 2.37 bits per heavy atom. The van der Waals surface area contributed by atoms with Gasteiger partial charge in [-0.25, -0.2) is 0 Å². The number of anilines is 1. The van der Waals surface area contributed by atoms with Crippen LogP contribution in [0.2, 0.25) is 5.02 Å². The van der Waals surface area contributed by atoms with Gasteiger partial charge in [-0.15, -0.1) is 0 Å². The molecule has 1 saturated carbocycles. The maximum Gasteiger partial charge on any atom is 0.229 e. The monoisotopic (exact) mass is 383 g/mol. The van der Waals surface area contributed by atoms with E-state index < -0.39 is 5.41 Å². The predicted octanol–water partition coefficient (Wildman–Crippen LogP) is 5.99. The van der Waals surface area contributed by atoms with Crippen molar-refractivity contribution in [2.24, 2.45) is 11.3 Å². The molecule has 1 N–H and O–H groups in total. The van der Waals surface area contributed by atoms with Crippen LogP contribution < -0.4 is 5.32 Å². The number of hydrogen-bond acceptors (Lipinski definition) is 2. The zero-order chi connectivity index (χ0) is 19.9. The molecule has 2 unspecified atom stereocenters. The van der Waals surface area contributed by atoms with Crippen LogP contribution >= 0.6 is 11.6 Å². The molecule has 1 fully saturated rings. The number of carbonyl (C=O) groups excluding carboxylic acids is 2. The van der Waals surface area contributed by atoms with Crippen LogP contribution in [0.25, 0.3) is 0 Å². The molecule has 0 saturated heterocycles. The third-order valence-corrected chi connectivity index (χ3v) is 5.55. The Kier molecular flexibility index (Phi) is 5.18. The number of halogens is 1. The molecule has 3 nitrogen and oxygen atoms in total. The van der Waals surface area contributed by atoms with Gasteiger partial charge >= 0.3 is 0 Å². The number of hydrogen-bond donors (Lipinski definition) is 1. The largest absolute Gasteiger partial charge is 0.325 e. The number of rotatable bonds is 4. The lowest BCUT2D eigenvalue weighted by Gasteiger charge is -2.19. The summed E-state index contributed by atoms with van der Waals surface area (Å²) in [6.45, 7) is 9.64. The molecule has 142 valence electrons. The van der Waals surface area contributed by atoms with E-state index in [4.69, 9.17) is 11.6 Å². The molecule has 1 aliphatic carbocycles. The Morgan fingerprint density at radius 2 is 1.78 bits per heavy atom. The van der Waals surface area contributed by atoms with Crippen molar-refractivity contribution in [1.82, 2.24) is 0 Å². The van der Waals surface area contributed by atoms with E-state index >= 15 is 0 Å². The number of nitrogens with one attached hydrogen (secondary N) is 1. The lowest BCUT2D eigenvalue weighted by molar-refractivity contribution is -0.123. The van der Waals surface area contributed by atoms with Gasteiger partial charge in [0.25, 0.3) is 0 Å². The maximum absolute atomic E-state index is 13.3. The van der Waals surface area contributed by atoms with Crippen molar-refractivity contribution < 1.29 is 9.59 Å². The number of carbonyl (C=O) groups is 2. The molecule has 2 atom stereocenters. The van der Waals surface area contributed by atoms with E-state index in [1.54, 1.807) is 12.1 Å². The van der Waals surface area contributed by atoms with E-state index in [9.17, 15) is 9.59 Å². The molecule has 0 spiro atoms. The van der Waals surface area contributed by atoms with Crippen molar-refractivity contribution in [3.8, 4) is 0 Å². The van der Waals surface area contributed by atoms with Crippen LogP contribution in [0.1, 0.15) is 67.1 Å². The SMILES string of the molecule is Cc1ccc(NC(=O)C(C)(C)C)c(C(=O)c2cccc(C3CC3C)c2Cl)c1. The lowest BCUT2D eigenvalue weighted by atomic mass is 9.94. The summed E-state index contributed by atoms with van der Waals surface area (Å²) in [7, 11) is 0. The highest BCUT2D eigenvalue weighted by molar-refractivity contribution is 6.36. The second-order valence-corrected chi connectivity index (χ2v) is 8.99. The summed E-state index contributed by atoms with van der Waals surface area (Å²) in [5.41, 5.74) is 2.93. The van der Waals surface area contributed by atoms with Gasteiger partial charge in [0, 0.05) is 16.5 Å². The Bertz CT molecular complexity index is 911. The summed E-state index contributed by atoms with van der Waals surface area (Å²) >= 11 is 6.62. The Labute approximate surface area is 166 Å². The average molecular weight is 384 g/mol. The first kappa shape index (κ1) is 19.6. The molecule has 2 aromatic rings. The van der Waals surface area contributed by atoms with E-state index in [-0.39, 0.29) is 11.7 Å². The second-order valence-electron chi connectivity index (χ2n) is 8.61. The summed E-state index contributed by atoms with van der Waals surface area (Å²) in [6, 6.07) is 11.1. The van der Waals surface area contributed by atoms with Gasteiger partial charge in [0.1, 0.15) is 0 Å². The minimum atomic E-state index is -0.551. The van der Waals surface area contributed by atoms with Crippen LogP contribution in [0.5, 0.6) is 0 Å². The van der Waals surface area contributed by atoms with Crippen LogP contribution in [-0.4, -0.2) is 11.7 Å². The van der Waals surface area contributed by atoms with Crippen molar-refractivity contribution in [3.05, 3.63) is 63.7 Å². The normalized spacial score (nSPS) is 18.9. The van der Waals surface area contributed by atoms with Crippen LogP contribution in [0.15, 0.2) is 36.4 Å². The van der Waals surface area contributed by atoms with Gasteiger partial charge in [-0.1, -0.05) is 63.1 Å². The van der Waals surface area contributed by atoms with Crippen molar-refractivity contribution in [2.75, 3.05) is 5.32 Å². The van der Waals surface area contributed by atoms with Crippen LogP contribution in [0.4, 0.5) is 5.69 Å². The molecule has 0 bridgehead atoms. The topological polar surface area (TPSA) is 46.2 Å². The van der Waals surface area contributed by atoms with Crippen LogP contribution in [-0.2, 0) is 4.79 Å². The Balaban J connectivity index is 2.00. The van der Waals surface area contributed by atoms with Gasteiger partial charge in [-0.2, -0.15) is 0 Å². The maximum atomic E-state index is 13.3. The first-order valence-corrected chi connectivity index (χ1v) is 9.72. The molecule has 0 aliphatic heterocycles. The van der Waals surface area contributed by atoms with Gasteiger partial charge < -0.3 is 5.32 Å². The van der Waals surface area contributed by atoms with Crippen LogP contribution in [0, 0.1) is 18.3 Å². The lowest BCUT2D eigenvalue weighted by Crippen LogP contribution is -2.28. The van der Waals surface area contributed by atoms with E-state index in [0.29, 0.717) is 33.7 Å². The number of benzene rings is 2. The fraction of sp³-hybridized carbons (Fsp3) is 0.391. The fourth-order valence-electron chi connectivity index (χ4n) is 3.18. The molecule has 0 aromatic heterocycles. The molecule has 4 heteroatoms. The van der Waals surface area contributed by atoms with Gasteiger partial charge in [-0.05, 0) is 48.9 Å². The summed E-state index contributed by atoms with van der Waals surface area (Å²) < 4.78 is 0. The van der Waals surface area contributed by atoms with Crippen LogP contribution in [0.3, 0.4) is 0 Å². The predicted molar refractivity (Wildman–Crippen MR) is 111 cm³/mol. The van der Waals surface area contributed by atoms with E-state index in [0.717, 1.165) is 17.5 Å². The Morgan fingerprint density at radius 1 is 1.11 bits per heavy atom. The highest BCUT2D eigenvalue weighted by Gasteiger charge is 2.36. The highest BCUT2D eigenvalue weighted by atomic mass is 35.5. The molecule has 3 rings (SSSR count). The Hall–Kier alpha value is -2.13. The number of ketones is 1. The van der Waals surface area contributed by atoms with Gasteiger partial charge in [-0.3, -0.25) is 9.59 Å². The number of aryl methyl sites for hydroxylation is 1. The van der Waals surface area contributed by atoms with Crippen molar-refractivity contribution >= 4 is 29.0 Å². The zero-order valence-corrected chi connectivity index (χ0v) is 17.3. The molecule has 27 heavy (non-hydrogen) atoms. The minimum Gasteiger partial charge on any atom is -0.325 e. The molecule has 0 heterocycles. The third-order valence-electron chi connectivity index (χ3n) is 5.13. The van der Waals surface area contributed by atoms with Gasteiger partial charge in [0.15, 0.2) is 5.78 Å². The van der Waals surface area contributed by atoms with Crippen molar-refractivity contribution in [3.63, 3.8) is 0 Å². The van der Waals surface area contributed by atoms with Crippen molar-refractivity contribution in [2.45, 2.75) is 47.0 Å². The van der Waals surface area contributed by atoms with E-state index in [1.165, 1.54) is 0 Å². The number of amides is 1. The molecule has 1 amide bonds. The average Bonchev–Trinajstić information content (AvgIpc) is 3.31. The quantitative estimate of drug-likeness (QED) is 0.659. The zero-order valence-electron chi connectivity index (χ0n) is 16.5. The van der Waals surface area contributed by atoms with E-state index in [1.807, 2.05) is 52.0 Å².